The minimum absolute atomic E-state index is 0. The third-order valence-electron chi connectivity index (χ3n) is 3.89. The smallest absolute Gasteiger partial charge is 0.0243 e. The van der Waals surface area contributed by atoms with Gasteiger partial charge in [0.05, 0.1) is 0 Å². The monoisotopic (exact) mass is 276 g/mol. The fourth-order valence-electron chi connectivity index (χ4n) is 2.77. The van der Waals surface area contributed by atoms with Gasteiger partial charge in [0.2, 0.25) is 0 Å². The first-order valence-electron chi connectivity index (χ1n) is 6.76. The van der Waals surface area contributed by atoms with E-state index in [4.69, 9.17) is 0 Å². The molecular formula is C16H21ClN2. The van der Waals surface area contributed by atoms with Gasteiger partial charge in [0.15, 0.2) is 0 Å². The van der Waals surface area contributed by atoms with Gasteiger partial charge in [0, 0.05) is 32.2 Å². The third-order valence-corrected chi connectivity index (χ3v) is 3.89. The molecule has 0 aliphatic carbocycles. The fraction of sp³-hybridized carbons (Fsp3) is 0.375. The Hall–Kier alpha value is -1.09. The summed E-state index contributed by atoms with van der Waals surface area (Å²) in [7, 11) is 0. The number of hydrogen-bond donors (Lipinski definition) is 1. The van der Waals surface area contributed by atoms with Gasteiger partial charge < -0.3 is 5.32 Å². The molecule has 1 N–H and O–H groups in total. The molecule has 2 nitrogen and oxygen atoms in total. The molecule has 2 aromatic carbocycles. The molecule has 0 radical (unpaired) electrons. The van der Waals surface area contributed by atoms with E-state index < -0.39 is 0 Å². The van der Waals surface area contributed by atoms with Gasteiger partial charge in [-0.3, -0.25) is 4.90 Å². The van der Waals surface area contributed by atoms with Crippen molar-refractivity contribution in [3.63, 3.8) is 0 Å². The van der Waals surface area contributed by atoms with E-state index in [1.54, 1.807) is 0 Å². The summed E-state index contributed by atoms with van der Waals surface area (Å²) in [6.45, 7) is 6.71. The number of piperazine rings is 1. The minimum Gasteiger partial charge on any atom is -0.314 e. The second-order valence-corrected chi connectivity index (χ2v) is 5.16. The Kier molecular flexibility index (Phi) is 4.81. The van der Waals surface area contributed by atoms with Crippen LogP contribution in [-0.4, -0.2) is 30.6 Å². The fourth-order valence-corrected chi connectivity index (χ4v) is 2.77. The Labute approximate surface area is 121 Å². The molecule has 3 rings (SSSR count). The first-order chi connectivity index (χ1) is 8.84. The first kappa shape index (κ1) is 14.3. The summed E-state index contributed by atoms with van der Waals surface area (Å²) < 4.78 is 0. The van der Waals surface area contributed by atoms with E-state index in [0.29, 0.717) is 6.04 Å². The van der Waals surface area contributed by atoms with Crippen molar-refractivity contribution in [2.24, 2.45) is 0 Å². The van der Waals surface area contributed by atoms with E-state index in [9.17, 15) is 0 Å². The maximum absolute atomic E-state index is 3.45. The van der Waals surface area contributed by atoms with E-state index in [0.717, 1.165) is 26.2 Å². The van der Waals surface area contributed by atoms with Crippen LogP contribution in [0.15, 0.2) is 42.5 Å². The van der Waals surface area contributed by atoms with E-state index in [1.807, 2.05) is 0 Å². The summed E-state index contributed by atoms with van der Waals surface area (Å²) in [5.74, 6) is 0. The maximum atomic E-state index is 3.45. The molecule has 1 atom stereocenters. The Morgan fingerprint density at radius 3 is 2.79 bits per heavy atom. The van der Waals surface area contributed by atoms with Gasteiger partial charge in [-0.25, -0.2) is 0 Å². The molecule has 1 aliphatic rings. The Morgan fingerprint density at radius 1 is 1.16 bits per heavy atom. The number of nitrogens with zero attached hydrogens (tertiary/aromatic N) is 1. The van der Waals surface area contributed by atoms with Crippen LogP contribution in [0.4, 0.5) is 0 Å². The summed E-state index contributed by atoms with van der Waals surface area (Å²) in [5, 5.41) is 6.19. The minimum atomic E-state index is 0. The van der Waals surface area contributed by atoms with Crippen LogP contribution in [0, 0.1) is 0 Å². The highest BCUT2D eigenvalue weighted by atomic mass is 35.5. The van der Waals surface area contributed by atoms with Gasteiger partial charge in [-0.15, -0.1) is 12.4 Å². The predicted octanol–water partition coefficient (Wildman–Crippen LogP) is 3.06. The molecule has 0 spiro atoms. The van der Waals surface area contributed by atoms with Crippen LogP contribution in [0.5, 0.6) is 0 Å². The van der Waals surface area contributed by atoms with E-state index in [-0.39, 0.29) is 12.4 Å². The zero-order valence-corrected chi connectivity index (χ0v) is 12.1. The molecule has 0 aromatic heterocycles. The van der Waals surface area contributed by atoms with Crippen LogP contribution < -0.4 is 5.32 Å². The average Bonchev–Trinajstić information content (AvgIpc) is 2.42. The number of fused-ring (bicyclic) bond motifs is 1. The number of halogens is 1. The highest BCUT2D eigenvalue weighted by molar-refractivity contribution is 5.85. The molecular weight excluding hydrogens is 256 g/mol. The Balaban J connectivity index is 0.00000133. The standard InChI is InChI=1S/C16H20N2.ClH/c1-13-11-17-9-10-18(13)12-15-7-4-6-14-5-2-3-8-16(14)15;/h2-8,13,17H,9-12H2,1H3;1H. The van der Waals surface area contributed by atoms with Crippen molar-refractivity contribution >= 4 is 23.2 Å². The molecule has 1 heterocycles. The molecule has 2 aromatic rings. The van der Waals surface area contributed by atoms with Crippen LogP contribution in [-0.2, 0) is 6.54 Å². The zero-order valence-electron chi connectivity index (χ0n) is 11.3. The molecule has 1 unspecified atom stereocenters. The van der Waals surface area contributed by atoms with Crippen LogP contribution in [0.3, 0.4) is 0 Å². The summed E-state index contributed by atoms with van der Waals surface area (Å²) in [5.41, 5.74) is 1.45. The topological polar surface area (TPSA) is 15.3 Å². The molecule has 102 valence electrons. The Morgan fingerprint density at radius 2 is 1.95 bits per heavy atom. The average molecular weight is 277 g/mol. The second-order valence-electron chi connectivity index (χ2n) is 5.16. The van der Waals surface area contributed by atoms with Crippen molar-refractivity contribution in [2.75, 3.05) is 19.6 Å². The molecule has 1 aliphatic heterocycles. The van der Waals surface area contributed by atoms with Crippen molar-refractivity contribution in [3.8, 4) is 0 Å². The highest BCUT2D eigenvalue weighted by Crippen LogP contribution is 2.21. The predicted molar refractivity (Wildman–Crippen MR) is 83.9 cm³/mol. The van der Waals surface area contributed by atoms with Crippen LogP contribution >= 0.6 is 12.4 Å². The van der Waals surface area contributed by atoms with E-state index in [2.05, 4.69) is 59.6 Å². The SMILES string of the molecule is CC1CNCCN1Cc1cccc2ccccc12.Cl. The van der Waals surface area contributed by atoms with Crippen LogP contribution in [0.1, 0.15) is 12.5 Å². The summed E-state index contributed by atoms with van der Waals surface area (Å²) in [4.78, 5) is 2.57. The molecule has 1 fully saturated rings. The van der Waals surface area contributed by atoms with Gasteiger partial charge in [-0.05, 0) is 23.3 Å². The summed E-state index contributed by atoms with van der Waals surface area (Å²) >= 11 is 0. The molecule has 3 heteroatoms. The number of benzene rings is 2. The lowest BCUT2D eigenvalue weighted by molar-refractivity contribution is 0.166. The van der Waals surface area contributed by atoms with Crippen LogP contribution in [0.2, 0.25) is 0 Å². The zero-order chi connectivity index (χ0) is 12.4. The van der Waals surface area contributed by atoms with Crippen molar-refractivity contribution in [1.29, 1.82) is 0 Å². The molecule has 0 amide bonds. The summed E-state index contributed by atoms with van der Waals surface area (Å²) in [6, 6.07) is 15.9. The van der Waals surface area contributed by atoms with Crippen molar-refractivity contribution in [2.45, 2.75) is 19.5 Å². The third kappa shape index (κ3) is 3.08. The largest absolute Gasteiger partial charge is 0.314 e. The number of nitrogens with one attached hydrogen (secondary N) is 1. The van der Waals surface area contributed by atoms with E-state index in [1.165, 1.54) is 16.3 Å². The Bertz CT molecular complexity index is 536. The normalized spacial score (nSPS) is 20.2. The second kappa shape index (κ2) is 6.38. The van der Waals surface area contributed by atoms with Crippen molar-refractivity contribution in [3.05, 3.63) is 48.0 Å². The maximum Gasteiger partial charge on any atom is 0.0243 e. The lowest BCUT2D eigenvalue weighted by Gasteiger charge is -2.34. The van der Waals surface area contributed by atoms with Crippen molar-refractivity contribution < 1.29 is 0 Å². The van der Waals surface area contributed by atoms with Gasteiger partial charge in [0.1, 0.15) is 0 Å². The molecule has 1 saturated heterocycles. The quantitative estimate of drug-likeness (QED) is 0.907. The number of hydrogen-bond acceptors (Lipinski definition) is 2. The van der Waals surface area contributed by atoms with Gasteiger partial charge in [0.25, 0.3) is 0 Å². The first-order valence-corrected chi connectivity index (χ1v) is 6.76. The lowest BCUT2D eigenvalue weighted by Crippen LogP contribution is -2.49. The van der Waals surface area contributed by atoms with Crippen molar-refractivity contribution in [1.82, 2.24) is 10.2 Å². The van der Waals surface area contributed by atoms with E-state index >= 15 is 0 Å². The van der Waals surface area contributed by atoms with Gasteiger partial charge >= 0.3 is 0 Å². The highest BCUT2D eigenvalue weighted by Gasteiger charge is 2.18. The van der Waals surface area contributed by atoms with Gasteiger partial charge in [-0.1, -0.05) is 42.5 Å². The summed E-state index contributed by atoms with van der Waals surface area (Å²) in [6.07, 6.45) is 0. The molecule has 19 heavy (non-hydrogen) atoms. The lowest BCUT2D eigenvalue weighted by atomic mass is 10.0. The van der Waals surface area contributed by atoms with Gasteiger partial charge in [-0.2, -0.15) is 0 Å². The number of rotatable bonds is 2. The molecule has 0 bridgehead atoms. The van der Waals surface area contributed by atoms with Crippen LogP contribution in [0.25, 0.3) is 10.8 Å². The molecule has 0 saturated carbocycles.